The molecular weight excluding hydrogens is 309 g/mol. The Morgan fingerprint density at radius 2 is 1.56 bits per heavy atom. The third-order valence-corrected chi connectivity index (χ3v) is 7.02. The van der Waals surface area contributed by atoms with Crippen LogP contribution in [0.4, 0.5) is 4.39 Å². The average Bonchev–Trinajstić information content (AvgIpc) is 2.67. The maximum absolute atomic E-state index is 13.7. The maximum Gasteiger partial charge on any atom is 0.141 e. The van der Waals surface area contributed by atoms with Gasteiger partial charge in [-0.25, -0.2) is 4.39 Å². The summed E-state index contributed by atoms with van der Waals surface area (Å²) in [5, 5.41) is 8.81. The van der Waals surface area contributed by atoms with E-state index in [9.17, 15) is 4.39 Å². The van der Waals surface area contributed by atoms with Crippen molar-refractivity contribution < 1.29 is 4.39 Å². The minimum Gasteiger partial charge on any atom is -0.206 e. The quantitative estimate of drug-likeness (QED) is 0.588. The predicted octanol–water partition coefficient (Wildman–Crippen LogP) is 6.65. The van der Waals surface area contributed by atoms with Crippen molar-refractivity contribution in [2.75, 3.05) is 0 Å². The molecule has 0 heterocycles. The zero-order valence-electron chi connectivity index (χ0n) is 15.6. The van der Waals surface area contributed by atoms with E-state index in [1.54, 1.807) is 12.1 Å². The molecule has 0 N–H and O–H groups in total. The molecule has 0 aliphatic heterocycles. The molecule has 1 aromatic carbocycles. The number of aryl methyl sites for hydroxylation is 1. The summed E-state index contributed by atoms with van der Waals surface area (Å²) in [6, 6.07) is 6.98. The fraction of sp³-hybridized carbons (Fsp3) is 0.696. The summed E-state index contributed by atoms with van der Waals surface area (Å²) in [5.41, 5.74) is 1.19. The summed E-state index contributed by atoms with van der Waals surface area (Å²) in [6.07, 6.45) is 14.9. The first-order chi connectivity index (χ1) is 12.2. The summed E-state index contributed by atoms with van der Waals surface area (Å²) in [6.45, 7) is 2.34. The van der Waals surface area contributed by atoms with Gasteiger partial charge in [-0.2, -0.15) is 5.26 Å². The van der Waals surface area contributed by atoms with Gasteiger partial charge in [-0.1, -0.05) is 45.1 Å². The molecule has 2 aliphatic rings. The van der Waals surface area contributed by atoms with Gasteiger partial charge in [-0.3, -0.25) is 0 Å². The second-order valence-electron chi connectivity index (χ2n) is 8.43. The second-order valence-corrected chi connectivity index (χ2v) is 8.43. The predicted molar refractivity (Wildman–Crippen MR) is 101 cm³/mol. The van der Waals surface area contributed by atoms with Crippen LogP contribution in [0.25, 0.3) is 0 Å². The van der Waals surface area contributed by atoms with Crippen LogP contribution in [-0.4, -0.2) is 0 Å². The molecule has 1 nitrogen and oxygen atoms in total. The molecule has 0 spiro atoms. The standard InChI is InChI=1S/C23H32FN/c1-2-17-5-10-20(11-6-17)21-12-7-18(8-13-21)3-4-19-9-14-22(16-25)23(24)15-19/h9,14-15,17-18,20-21H,2-8,10-13H2,1H3. The van der Waals surface area contributed by atoms with Gasteiger partial charge < -0.3 is 0 Å². The van der Waals surface area contributed by atoms with Crippen molar-refractivity contribution in [3.8, 4) is 6.07 Å². The Morgan fingerprint density at radius 1 is 0.960 bits per heavy atom. The van der Waals surface area contributed by atoms with E-state index in [1.165, 1.54) is 64.2 Å². The first-order valence-electron chi connectivity index (χ1n) is 10.4. The molecule has 2 fully saturated rings. The van der Waals surface area contributed by atoms with Gasteiger partial charge in [0.1, 0.15) is 11.9 Å². The van der Waals surface area contributed by atoms with Crippen LogP contribution in [0.3, 0.4) is 0 Å². The number of benzene rings is 1. The van der Waals surface area contributed by atoms with E-state index in [0.29, 0.717) is 0 Å². The van der Waals surface area contributed by atoms with Gasteiger partial charge in [-0.15, -0.1) is 0 Å². The molecule has 3 rings (SSSR count). The van der Waals surface area contributed by atoms with Gasteiger partial charge in [0.25, 0.3) is 0 Å². The summed E-state index contributed by atoms with van der Waals surface area (Å²) < 4.78 is 13.7. The van der Waals surface area contributed by atoms with Crippen molar-refractivity contribution in [1.82, 2.24) is 0 Å². The lowest BCUT2D eigenvalue weighted by Crippen LogP contribution is -2.25. The Hall–Kier alpha value is -1.36. The highest BCUT2D eigenvalue weighted by atomic mass is 19.1. The van der Waals surface area contributed by atoms with Gasteiger partial charge in [0.05, 0.1) is 5.56 Å². The molecular formula is C23H32FN. The Morgan fingerprint density at radius 3 is 2.08 bits per heavy atom. The van der Waals surface area contributed by atoms with E-state index >= 15 is 0 Å². The van der Waals surface area contributed by atoms with Gasteiger partial charge in [0, 0.05) is 0 Å². The van der Waals surface area contributed by atoms with Gasteiger partial charge in [0.2, 0.25) is 0 Å². The SMILES string of the molecule is CCC1CCC(C2CCC(CCc3ccc(C#N)c(F)c3)CC2)CC1. The van der Waals surface area contributed by atoms with Crippen molar-refractivity contribution in [1.29, 1.82) is 5.26 Å². The molecule has 0 saturated heterocycles. The molecule has 0 atom stereocenters. The lowest BCUT2D eigenvalue weighted by atomic mass is 9.68. The monoisotopic (exact) mass is 341 g/mol. The Kier molecular flexibility index (Phi) is 6.51. The second kappa shape index (κ2) is 8.84. The molecule has 0 radical (unpaired) electrons. The molecule has 25 heavy (non-hydrogen) atoms. The number of nitrogens with zero attached hydrogens (tertiary/aromatic N) is 1. The number of hydrogen-bond acceptors (Lipinski definition) is 1. The summed E-state index contributed by atoms with van der Waals surface area (Å²) in [4.78, 5) is 0. The van der Waals surface area contributed by atoms with E-state index in [1.807, 2.05) is 12.1 Å². The highest BCUT2D eigenvalue weighted by molar-refractivity contribution is 5.33. The molecule has 2 heteroatoms. The lowest BCUT2D eigenvalue weighted by Gasteiger charge is -2.37. The topological polar surface area (TPSA) is 23.8 Å². The summed E-state index contributed by atoms with van der Waals surface area (Å²) >= 11 is 0. The van der Waals surface area contributed by atoms with Crippen molar-refractivity contribution in [2.24, 2.45) is 23.7 Å². The first kappa shape index (κ1) is 18.4. The zero-order valence-corrected chi connectivity index (χ0v) is 15.6. The Bertz CT molecular complexity index is 587. The smallest absolute Gasteiger partial charge is 0.141 e. The first-order valence-corrected chi connectivity index (χ1v) is 10.4. The third-order valence-electron chi connectivity index (χ3n) is 7.02. The Labute approximate surface area is 152 Å². The van der Waals surface area contributed by atoms with E-state index < -0.39 is 0 Å². The van der Waals surface area contributed by atoms with Crippen LogP contribution in [0, 0.1) is 40.8 Å². The normalized spacial score (nSPS) is 30.0. The highest BCUT2D eigenvalue weighted by Crippen LogP contribution is 2.42. The number of hydrogen-bond donors (Lipinski definition) is 0. The van der Waals surface area contributed by atoms with Crippen LogP contribution in [0.2, 0.25) is 0 Å². The van der Waals surface area contributed by atoms with E-state index in [4.69, 9.17) is 5.26 Å². The zero-order chi connectivity index (χ0) is 17.6. The number of nitriles is 1. The molecule has 0 bridgehead atoms. The van der Waals surface area contributed by atoms with Crippen molar-refractivity contribution in [3.05, 3.63) is 35.1 Å². The molecule has 0 aromatic heterocycles. The van der Waals surface area contributed by atoms with Crippen LogP contribution < -0.4 is 0 Å². The minimum absolute atomic E-state index is 0.155. The fourth-order valence-electron chi connectivity index (χ4n) is 5.19. The number of halogens is 1. The third kappa shape index (κ3) is 4.84. The molecule has 1 aromatic rings. The molecule has 2 saturated carbocycles. The fourth-order valence-corrected chi connectivity index (χ4v) is 5.19. The van der Waals surface area contributed by atoms with E-state index in [-0.39, 0.29) is 11.4 Å². The summed E-state index contributed by atoms with van der Waals surface area (Å²) in [7, 11) is 0. The maximum atomic E-state index is 13.7. The van der Waals surface area contributed by atoms with Crippen LogP contribution in [-0.2, 0) is 6.42 Å². The average molecular weight is 342 g/mol. The largest absolute Gasteiger partial charge is 0.206 e. The highest BCUT2D eigenvalue weighted by Gasteiger charge is 2.30. The van der Waals surface area contributed by atoms with Crippen molar-refractivity contribution in [2.45, 2.75) is 77.6 Å². The van der Waals surface area contributed by atoms with Crippen LogP contribution in [0.15, 0.2) is 18.2 Å². The van der Waals surface area contributed by atoms with Gasteiger partial charge >= 0.3 is 0 Å². The minimum atomic E-state index is -0.369. The van der Waals surface area contributed by atoms with Crippen LogP contribution in [0.5, 0.6) is 0 Å². The lowest BCUT2D eigenvalue weighted by molar-refractivity contribution is 0.142. The van der Waals surface area contributed by atoms with E-state index in [0.717, 1.165) is 35.7 Å². The van der Waals surface area contributed by atoms with Crippen LogP contribution >= 0.6 is 0 Å². The molecule has 0 amide bonds. The molecule has 136 valence electrons. The van der Waals surface area contributed by atoms with Gasteiger partial charge in [0.15, 0.2) is 0 Å². The van der Waals surface area contributed by atoms with Crippen molar-refractivity contribution in [3.63, 3.8) is 0 Å². The molecule has 2 aliphatic carbocycles. The Balaban J connectivity index is 1.41. The van der Waals surface area contributed by atoms with E-state index in [2.05, 4.69) is 6.92 Å². The molecule has 0 unspecified atom stereocenters. The number of rotatable bonds is 5. The van der Waals surface area contributed by atoms with Crippen molar-refractivity contribution >= 4 is 0 Å². The van der Waals surface area contributed by atoms with Gasteiger partial charge in [-0.05, 0) is 79.9 Å². The van der Waals surface area contributed by atoms with Crippen LogP contribution in [0.1, 0.15) is 82.3 Å². The summed E-state index contributed by atoms with van der Waals surface area (Å²) in [5.74, 6) is 3.41.